The highest BCUT2D eigenvalue weighted by Gasteiger charge is 2.12. The van der Waals surface area contributed by atoms with Crippen LogP contribution in [0.5, 0.6) is 23.0 Å². The standard InChI is InChI=1S/C36H28NO2.CH4/c1-4-12-29(13-5-1)27-37-25-24-30(33-18-10-11-19-34(33)37)22-20-28-21-23-35(38-31-14-6-2-7-15-31)36(26-28)39-32-16-8-3-9-17-32;/h1-26H,27H2;1H4/q+1;. The third-order valence-corrected chi connectivity index (χ3v) is 6.52. The number of hydrogen-bond acceptors (Lipinski definition) is 2. The second-order valence-corrected chi connectivity index (χ2v) is 9.27. The summed E-state index contributed by atoms with van der Waals surface area (Å²) in [5.74, 6) is 2.84. The van der Waals surface area contributed by atoms with Crippen molar-refractivity contribution in [3.63, 3.8) is 0 Å². The van der Waals surface area contributed by atoms with Crippen LogP contribution in [0.3, 0.4) is 0 Å². The predicted octanol–water partition coefficient (Wildman–Crippen LogP) is 9.57. The summed E-state index contributed by atoms with van der Waals surface area (Å²) in [5.41, 5.74) is 4.65. The lowest BCUT2D eigenvalue weighted by atomic mass is 10.1. The van der Waals surface area contributed by atoms with Crippen molar-refractivity contribution in [2.24, 2.45) is 0 Å². The van der Waals surface area contributed by atoms with Gasteiger partial charge in [-0.25, -0.2) is 0 Å². The van der Waals surface area contributed by atoms with Crippen LogP contribution < -0.4 is 14.0 Å². The minimum atomic E-state index is 0. The Kier molecular flexibility index (Phi) is 8.33. The van der Waals surface area contributed by atoms with E-state index >= 15 is 0 Å². The highest BCUT2D eigenvalue weighted by atomic mass is 16.5. The maximum absolute atomic E-state index is 6.25. The van der Waals surface area contributed by atoms with Gasteiger partial charge in [0.05, 0.1) is 5.39 Å². The third kappa shape index (κ3) is 6.28. The van der Waals surface area contributed by atoms with Gasteiger partial charge < -0.3 is 9.47 Å². The predicted molar refractivity (Wildman–Crippen MR) is 165 cm³/mol. The van der Waals surface area contributed by atoms with Gasteiger partial charge >= 0.3 is 0 Å². The maximum Gasteiger partial charge on any atom is 0.213 e. The fraction of sp³-hybridized carbons (Fsp3) is 0.0541. The molecule has 0 saturated carbocycles. The van der Waals surface area contributed by atoms with Gasteiger partial charge in [0.15, 0.2) is 24.2 Å². The van der Waals surface area contributed by atoms with E-state index in [1.54, 1.807) is 0 Å². The number of nitrogens with zero attached hydrogens (tertiary/aromatic N) is 1. The SMILES string of the molecule is C.C(=Cc1cc[n+](Cc2ccccc2)c2ccccc12)c1ccc(Oc2ccccc2)c(Oc2ccccc2)c1. The minimum Gasteiger partial charge on any atom is -0.453 e. The van der Waals surface area contributed by atoms with Crippen molar-refractivity contribution in [2.75, 3.05) is 0 Å². The van der Waals surface area contributed by atoms with Gasteiger partial charge in [0.25, 0.3) is 0 Å². The number of para-hydroxylation sites is 3. The van der Waals surface area contributed by atoms with E-state index in [4.69, 9.17) is 9.47 Å². The van der Waals surface area contributed by atoms with E-state index in [1.165, 1.54) is 16.5 Å². The molecule has 1 aromatic heterocycles. The van der Waals surface area contributed by atoms with Crippen LogP contribution in [-0.4, -0.2) is 0 Å². The highest BCUT2D eigenvalue weighted by molar-refractivity contribution is 5.88. The minimum absolute atomic E-state index is 0. The molecule has 0 spiro atoms. The molecule has 0 unspecified atom stereocenters. The van der Waals surface area contributed by atoms with E-state index in [0.717, 1.165) is 29.2 Å². The van der Waals surface area contributed by atoms with Gasteiger partial charge in [-0.15, -0.1) is 0 Å². The lowest BCUT2D eigenvalue weighted by Gasteiger charge is -2.13. The van der Waals surface area contributed by atoms with E-state index in [9.17, 15) is 0 Å². The smallest absolute Gasteiger partial charge is 0.213 e. The van der Waals surface area contributed by atoms with Gasteiger partial charge in [-0.05, 0) is 53.6 Å². The van der Waals surface area contributed by atoms with Gasteiger partial charge in [0, 0.05) is 17.7 Å². The number of fused-ring (bicyclic) bond motifs is 1. The first-order chi connectivity index (χ1) is 19.3. The van der Waals surface area contributed by atoms with Crippen molar-refractivity contribution >= 4 is 23.1 Å². The first kappa shape index (κ1) is 26.5. The van der Waals surface area contributed by atoms with Gasteiger partial charge in [-0.2, -0.15) is 4.57 Å². The van der Waals surface area contributed by atoms with Crippen molar-refractivity contribution in [1.82, 2.24) is 0 Å². The molecule has 0 atom stereocenters. The van der Waals surface area contributed by atoms with Crippen LogP contribution in [0.1, 0.15) is 24.1 Å². The molecule has 40 heavy (non-hydrogen) atoms. The molecule has 5 aromatic carbocycles. The molecule has 3 nitrogen and oxygen atoms in total. The highest BCUT2D eigenvalue weighted by Crippen LogP contribution is 2.36. The summed E-state index contributed by atoms with van der Waals surface area (Å²) in [5, 5.41) is 1.21. The largest absolute Gasteiger partial charge is 0.453 e. The van der Waals surface area contributed by atoms with E-state index < -0.39 is 0 Å². The Morgan fingerprint density at radius 3 is 1.85 bits per heavy atom. The lowest BCUT2D eigenvalue weighted by molar-refractivity contribution is -0.662. The number of rotatable bonds is 8. The van der Waals surface area contributed by atoms with Crippen LogP contribution in [0.2, 0.25) is 0 Å². The summed E-state index contributed by atoms with van der Waals surface area (Å²) < 4.78 is 14.7. The molecule has 3 heteroatoms. The Labute approximate surface area is 236 Å². The molecule has 0 fully saturated rings. The van der Waals surface area contributed by atoms with Crippen LogP contribution in [0.15, 0.2) is 146 Å². The normalized spacial score (nSPS) is 10.8. The molecule has 6 rings (SSSR count). The Bertz CT molecular complexity index is 1710. The summed E-state index contributed by atoms with van der Waals surface area (Å²) in [6.45, 7) is 0.828. The first-order valence-electron chi connectivity index (χ1n) is 13.0. The summed E-state index contributed by atoms with van der Waals surface area (Å²) in [4.78, 5) is 0. The molecule has 1 heterocycles. The maximum atomic E-state index is 6.25. The average Bonchev–Trinajstić information content (AvgIpc) is 2.99. The summed E-state index contributed by atoms with van der Waals surface area (Å²) in [7, 11) is 0. The number of pyridine rings is 1. The second-order valence-electron chi connectivity index (χ2n) is 9.27. The van der Waals surface area contributed by atoms with Gasteiger partial charge in [-0.3, -0.25) is 0 Å². The molecule has 0 aliphatic carbocycles. The average molecular weight is 523 g/mol. The van der Waals surface area contributed by atoms with Gasteiger partial charge in [0.2, 0.25) is 5.52 Å². The molecule has 0 saturated heterocycles. The van der Waals surface area contributed by atoms with Crippen molar-refractivity contribution in [2.45, 2.75) is 14.0 Å². The lowest BCUT2D eigenvalue weighted by Crippen LogP contribution is -2.34. The van der Waals surface area contributed by atoms with Crippen LogP contribution in [0, 0.1) is 0 Å². The Balaban J connectivity index is 0.00000323. The Morgan fingerprint density at radius 1 is 0.550 bits per heavy atom. The molecule has 196 valence electrons. The zero-order valence-electron chi connectivity index (χ0n) is 21.5. The number of hydrogen-bond donors (Lipinski definition) is 0. The number of aromatic nitrogens is 1. The van der Waals surface area contributed by atoms with E-state index in [1.807, 2.05) is 78.9 Å². The molecule has 0 bridgehead atoms. The zero-order chi connectivity index (χ0) is 26.3. The number of benzene rings is 5. The van der Waals surface area contributed by atoms with E-state index in [0.29, 0.717) is 11.5 Å². The van der Waals surface area contributed by atoms with Crippen molar-refractivity contribution in [3.05, 3.63) is 162 Å². The third-order valence-electron chi connectivity index (χ3n) is 6.52. The summed E-state index contributed by atoms with van der Waals surface area (Å²) in [6.07, 6.45) is 6.44. The molecule has 6 aromatic rings. The topological polar surface area (TPSA) is 22.3 Å². The molecular weight excluding hydrogens is 490 g/mol. The number of ether oxygens (including phenoxy) is 2. The van der Waals surface area contributed by atoms with Crippen molar-refractivity contribution in [3.8, 4) is 23.0 Å². The molecule has 0 radical (unpaired) electrons. The van der Waals surface area contributed by atoms with E-state index in [-0.39, 0.29) is 7.43 Å². The second kappa shape index (κ2) is 12.6. The monoisotopic (exact) mass is 522 g/mol. The quantitative estimate of drug-likeness (QED) is 0.186. The van der Waals surface area contributed by atoms with Crippen LogP contribution >= 0.6 is 0 Å². The molecule has 0 aliphatic rings. The van der Waals surface area contributed by atoms with Crippen LogP contribution in [0.4, 0.5) is 0 Å². The van der Waals surface area contributed by atoms with Crippen LogP contribution in [0.25, 0.3) is 23.1 Å². The molecule has 0 amide bonds. The van der Waals surface area contributed by atoms with Crippen molar-refractivity contribution in [1.29, 1.82) is 0 Å². The summed E-state index contributed by atoms with van der Waals surface area (Å²) in [6, 6.07) is 46.8. The Morgan fingerprint density at radius 2 is 1.15 bits per heavy atom. The van der Waals surface area contributed by atoms with Gasteiger partial charge in [-0.1, -0.05) is 105 Å². The Hall–Kier alpha value is -5.15. The molecule has 0 aliphatic heterocycles. The zero-order valence-corrected chi connectivity index (χ0v) is 21.5. The fourth-order valence-electron chi connectivity index (χ4n) is 4.58. The molecular formula is C37H32NO2+. The first-order valence-corrected chi connectivity index (χ1v) is 13.0. The summed E-state index contributed by atoms with van der Waals surface area (Å²) >= 11 is 0. The van der Waals surface area contributed by atoms with Gasteiger partial charge in [0.1, 0.15) is 11.5 Å². The molecule has 0 N–H and O–H groups in total. The van der Waals surface area contributed by atoms with E-state index in [2.05, 4.69) is 83.6 Å². The van der Waals surface area contributed by atoms with Crippen molar-refractivity contribution < 1.29 is 14.0 Å². The van der Waals surface area contributed by atoms with Crippen LogP contribution in [-0.2, 0) is 6.54 Å². The fourth-order valence-corrected chi connectivity index (χ4v) is 4.58.